The van der Waals surface area contributed by atoms with Crippen LogP contribution in [0.2, 0.25) is 0 Å². The lowest BCUT2D eigenvalue weighted by atomic mass is 9.95. The number of nitrogens with one attached hydrogen (secondary N) is 2. The molecule has 0 bridgehead atoms. The van der Waals surface area contributed by atoms with Gasteiger partial charge in [0.1, 0.15) is 17.7 Å². The van der Waals surface area contributed by atoms with Crippen molar-refractivity contribution in [1.29, 1.82) is 0 Å². The predicted molar refractivity (Wildman–Crippen MR) is 174 cm³/mol. The highest BCUT2D eigenvalue weighted by Gasteiger charge is 2.37. The van der Waals surface area contributed by atoms with Crippen LogP contribution < -0.4 is 16.4 Å². The van der Waals surface area contributed by atoms with Crippen molar-refractivity contribution >= 4 is 40.3 Å². The van der Waals surface area contributed by atoms with E-state index in [1.807, 2.05) is 74.5 Å². The molecule has 9 heteroatoms. The molecule has 3 rings (SSSR count). The Labute approximate surface area is 260 Å². The molecule has 4 N–H and O–H groups in total. The fraction of sp³-hybridized carbons (Fsp3) is 0.429. The maximum atomic E-state index is 14.4. The molecule has 2 atom stereocenters. The highest BCUT2D eigenvalue weighted by molar-refractivity contribution is 6.00. The molecule has 0 spiro atoms. The van der Waals surface area contributed by atoms with Gasteiger partial charge >= 0.3 is 6.09 Å². The molecule has 3 aromatic rings. The van der Waals surface area contributed by atoms with Crippen molar-refractivity contribution in [2.75, 3.05) is 11.9 Å². The molecule has 236 valence electrons. The normalized spacial score (nSPS) is 12.7. The molecular weight excluding hydrogens is 556 g/mol. The van der Waals surface area contributed by atoms with E-state index in [1.54, 1.807) is 20.8 Å². The number of hydrogen-bond acceptors (Lipinski definition) is 5. The number of nitrogens with zero attached hydrogens (tertiary/aromatic N) is 1. The van der Waals surface area contributed by atoms with Crippen LogP contribution in [0.25, 0.3) is 10.8 Å². The second kappa shape index (κ2) is 15.4. The van der Waals surface area contributed by atoms with Gasteiger partial charge in [-0.2, -0.15) is 0 Å². The number of alkyl carbamates (subject to hydrolysis) is 1. The van der Waals surface area contributed by atoms with E-state index in [9.17, 15) is 19.2 Å². The Morgan fingerprint density at radius 1 is 0.932 bits per heavy atom. The van der Waals surface area contributed by atoms with Crippen molar-refractivity contribution < 1.29 is 23.9 Å². The predicted octanol–water partition coefficient (Wildman–Crippen LogP) is 6.31. The van der Waals surface area contributed by atoms with Gasteiger partial charge < -0.3 is 26.0 Å². The van der Waals surface area contributed by atoms with Gasteiger partial charge in [-0.15, -0.1) is 0 Å². The highest BCUT2D eigenvalue weighted by Crippen LogP contribution is 2.30. The number of ether oxygens (including phenoxy) is 1. The third kappa shape index (κ3) is 9.82. The molecule has 0 aliphatic heterocycles. The molecule has 0 aliphatic carbocycles. The Morgan fingerprint density at radius 2 is 1.64 bits per heavy atom. The van der Waals surface area contributed by atoms with Crippen LogP contribution >= 0.6 is 0 Å². The van der Waals surface area contributed by atoms with Crippen LogP contribution in [-0.2, 0) is 19.1 Å². The fourth-order valence-electron chi connectivity index (χ4n) is 5.08. The molecule has 0 aliphatic rings. The van der Waals surface area contributed by atoms with Crippen LogP contribution in [0.5, 0.6) is 0 Å². The Kier molecular flexibility index (Phi) is 11.9. The summed E-state index contributed by atoms with van der Waals surface area (Å²) in [7, 11) is 0. The third-order valence-corrected chi connectivity index (χ3v) is 7.26. The number of anilines is 1. The summed E-state index contributed by atoms with van der Waals surface area (Å²) in [6.07, 6.45) is 1.41. The SMILES string of the molecule is CCCCCN(C(=O)C(CCC(N)=O)NC(=O)OC(C)(C)C)C(C(=O)Nc1ccc2ccccc2c1)c1cc(C)ccc1C. The number of amides is 4. The topological polar surface area (TPSA) is 131 Å². The molecule has 0 aromatic heterocycles. The van der Waals surface area contributed by atoms with E-state index in [2.05, 4.69) is 17.6 Å². The number of benzene rings is 3. The Balaban J connectivity index is 2.08. The average Bonchev–Trinajstić information content (AvgIpc) is 2.95. The van der Waals surface area contributed by atoms with Crippen molar-refractivity contribution in [3.05, 3.63) is 77.4 Å². The monoisotopic (exact) mass is 602 g/mol. The number of nitrogens with two attached hydrogens (primary N) is 1. The Bertz CT molecular complexity index is 1480. The van der Waals surface area contributed by atoms with Crippen LogP contribution in [0.1, 0.15) is 82.5 Å². The molecule has 0 fully saturated rings. The van der Waals surface area contributed by atoms with E-state index in [-0.39, 0.29) is 25.3 Å². The molecule has 2 unspecified atom stereocenters. The van der Waals surface area contributed by atoms with Crippen LogP contribution in [-0.4, -0.2) is 46.9 Å². The van der Waals surface area contributed by atoms with Crippen molar-refractivity contribution in [2.45, 2.75) is 91.3 Å². The minimum Gasteiger partial charge on any atom is -0.444 e. The average molecular weight is 603 g/mol. The quantitative estimate of drug-likeness (QED) is 0.197. The number of carbonyl (C=O) groups excluding carboxylic acids is 4. The Hall–Kier alpha value is -4.40. The summed E-state index contributed by atoms with van der Waals surface area (Å²) in [4.78, 5) is 54.8. The first-order chi connectivity index (χ1) is 20.8. The molecule has 44 heavy (non-hydrogen) atoms. The zero-order chi connectivity index (χ0) is 32.4. The molecule has 0 saturated carbocycles. The molecule has 0 saturated heterocycles. The largest absolute Gasteiger partial charge is 0.444 e. The first-order valence-corrected chi connectivity index (χ1v) is 15.2. The molecule has 0 radical (unpaired) electrons. The summed E-state index contributed by atoms with van der Waals surface area (Å²) < 4.78 is 5.43. The number of aryl methyl sites for hydroxylation is 2. The minimum atomic E-state index is -1.14. The smallest absolute Gasteiger partial charge is 0.408 e. The van der Waals surface area contributed by atoms with Crippen molar-refractivity contribution in [3.63, 3.8) is 0 Å². The van der Waals surface area contributed by atoms with Gasteiger partial charge in [0.15, 0.2) is 0 Å². The third-order valence-electron chi connectivity index (χ3n) is 7.26. The molecular formula is C35H46N4O5. The van der Waals surface area contributed by atoms with Crippen molar-refractivity contribution in [1.82, 2.24) is 10.2 Å². The van der Waals surface area contributed by atoms with Gasteiger partial charge in [0.25, 0.3) is 5.91 Å². The van der Waals surface area contributed by atoms with Crippen LogP contribution in [0, 0.1) is 13.8 Å². The lowest BCUT2D eigenvalue weighted by Gasteiger charge is -2.35. The van der Waals surface area contributed by atoms with E-state index in [4.69, 9.17) is 10.5 Å². The van der Waals surface area contributed by atoms with Gasteiger partial charge in [0.2, 0.25) is 11.8 Å². The molecule has 9 nitrogen and oxygen atoms in total. The lowest BCUT2D eigenvalue weighted by Crippen LogP contribution is -2.53. The second-order valence-electron chi connectivity index (χ2n) is 12.3. The van der Waals surface area contributed by atoms with Crippen molar-refractivity contribution in [2.24, 2.45) is 5.73 Å². The standard InChI is InChI=1S/C35H46N4O5/c1-7-8-11-20-39(33(42)29(18-19-30(36)40)38-34(43)44-35(4,5)6)31(28-21-23(2)14-15-24(28)3)32(41)37-27-17-16-25-12-9-10-13-26(25)22-27/h9-10,12-17,21-22,29,31H,7-8,11,18-20H2,1-6H3,(H2,36,40)(H,37,41)(H,38,43). The summed E-state index contributed by atoms with van der Waals surface area (Å²) >= 11 is 0. The zero-order valence-corrected chi connectivity index (χ0v) is 26.7. The number of carbonyl (C=O) groups is 4. The van der Waals surface area contributed by atoms with Crippen molar-refractivity contribution in [3.8, 4) is 0 Å². The fourth-order valence-corrected chi connectivity index (χ4v) is 5.08. The van der Waals surface area contributed by atoms with Crippen LogP contribution in [0.15, 0.2) is 60.7 Å². The van der Waals surface area contributed by atoms with Gasteiger partial charge in [-0.05, 0) is 81.5 Å². The molecule has 3 aromatic carbocycles. The summed E-state index contributed by atoms with van der Waals surface area (Å²) in [5.74, 6) is -1.48. The summed E-state index contributed by atoms with van der Waals surface area (Å²) in [6, 6.07) is 17.2. The lowest BCUT2D eigenvalue weighted by molar-refractivity contribution is -0.141. The van der Waals surface area contributed by atoms with E-state index >= 15 is 0 Å². The van der Waals surface area contributed by atoms with Crippen LogP contribution in [0.3, 0.4) is 0 Å². The number of hydrogen-bond donors (Lipinski definition) is 3. The van der Waals surface area contributed by atoms with Gasteiger partial charge in [0, 0.05) is 18.7 Å². The molecule has 4 amide bonds. The summed E-state index contributed by atoms with van der Waals surface area (Å²) in [6.45, 7) is 11.3. The minimum absolute atomic E-state index is 0.0382. The maximum Gasteiger partial charge on any atom is 0.408 e. The Morgan fingerprint density at radius 3 is 2.30 bits per heavy atom. The van der Waals surface area contributed by atoms with E-state index < -0.39 is 35.6 Å². The number of fused-ring (bicyclic) bond motifs is 1. The first kappa shape index (κ1) is 34.1. The van der Waals surface area contributed by atoms with Gasteiger partial charge in [0.05, 0.1) is 0 Å². The summed E-state index contributed by atoms with van der Waals surface area (Å²) in [5, 5.41) is 7.71. The first-order valence-electron chi connectivity index (χ1n) is 15.2. The van der Waals surface area contributed by atoms with E-state index in [1.165, 1.54) is 4.90 Å². The van der Waals surface area contributed by atoms with E-state index in [0.29, 0.717) is 17.7 Å². The second-order valence-corrected chi connectivity index (χ2v) is 12.3. The van der Waals surface area contributed by atoms with Crippen LogP contribution in [0.4, 0.5) is 10.5 Å². The highest BCUT2D eigenvalue weighted by atomic mass is 16.6. The molecule has 0 heterocycles. The number of rotatable bonds is 13. The van der Waals surface area contributed by atoms with Gasteiger partial charge in [-0.3, -0.25) is 14.4 Å². The maximum absolute atomic E-state index is 14.4. The number of primary amides is 1. The zero-order valence-electron chi connectivity index (χ0n) is 26.7. The van der Waals surface area contributed by atoms with Gasteiger partial charge in [-0.1, -0.05) is 73.9 Å². The van der Waals surface area contributed by atoms with Gasteiger partial charge in [-0.25, -0.2) is 4.79 Å². The number of unbranched alkanes of at least 4 members (excludes halogenated alkanes) is 2. The van der Waals surface area contributed by atoms with E-state index in [0.717, 1.165) is 34.7 Å². The summed E-state index contributed by atoms with van der Waals surface area (Å²) in [5.41, 5.74) is 7.69.